The minimum absolute atomic E-state index is 0.0990. The molecule has 0 atom stereocenters. The van der Waals surface area contributed by atoms with Crippen LogP contribution in [0.2, 0.25) is 5.02 Å². The van der Waals surface area contributed by atoms with Crippen molar-refractivity contribution in [1.29, 1.82) is 0 Å². The number of ether oxygens (including phenoxy) is 1. The van der Waals surface area contributed by atoms with Gasteiger partial charge in [0.2, 0.25) is 0 Å². The number of carbonyl (C=O) groups is 2. The Labute approximate surface area is 171 Å². The molecule has 154 valence electrons. The first-order valence-corrected chi connectivity index (χ1v) is 9.50. The summed E-state index contributed by atoms with van der Waals surface area (Å²) < 4.78 is 5.60. The van der Waals surface area contributed by atoms with Crippen molar-refractivity contribution >= 4 is 24.0 Å². The number of rotatable bonds is 2. The van der Waals surface area contributed by atoms with E-state index in [1.54, 1.807) is 47.4 Å². The van der Waals surface area contributed by atoms with Gasteiger partial charge < -0.3 is 19.8 Å². The second-order valence-corrected chi connectivity index (χ2v) is 5.42. The molecule has 0 spiro atoms. The molecule has 2 aromatic rings. The fraction of sp³-hybridized carbons (Fsp3) is 0.333. The number of benzene rings is 2. The van der Waals surface area contributed by atoms with Crippen molar-refractivity contribution in [2.24, 2.45) is 0 Å². The van der Waals surface area contributed by atoms with Crippen LogP contribution >= 0.6 is 11.6 Å². The van der Waals surface area contributed by atoms with Crippen molar-refractivity contribution in [2.45, 2.75) is 34.2 Å². The Morgan fingerprint density at radius 2 is 1.68 bits per heavy atom. The molecule has 0 aromatic heterocycles. The molecular formula is C21H28ClNO5. The first-order valence-electron chi connectivity index (χ1n) is 9.12. The Bertz CT molecular complexity index is 719. The number of halogens is 1. The first-order chi connectivity index (χ1) is 13.5. The third-order valence-electron chi connectivity index (χ3n) is 3.39. The quantitative estimate of drug-likeness (QED) is 0.693. The van der Waals surface area contributed by atoms with Crippen molar-refractivity contribution in [2.75, 3.05) is 13.2 Å². The van der Waals surface area contributed by atoms with Gasteiger partial charge in [-0.1, -0.05) is 51.4 Å². The van der Waals surface area contributed by atoms with Crippen LogP contribution in [0.25, 0.3) is 0 Å². The van der Waals surface area contributed by atoms with Crippen LogP contribution in [0.5, 0.6) is 11.5 Å². The number of phenols is 1. The molecule has 7 heteroatoms. The summed E-state index contributed by atoms with van der Waals surface area (Å²) in [6, 6.07) is 11.9. The highest BCUT2D eigenvalue weighted by Crippen LogP contribution is 2.27. The van der Waals surface area contributed by atoms with Crippen LogP contribution in [-0.4, -0.2) is 40.6 Å². The van der Waals surface area contributed by atoms with Gasteiger partial charge in [0.25, 0.3) is 12.4 Å². The van der Waals surface area contributed by atoms with E-state index in [9.17, 15) is 9.90 Å². The third-order valence-corrected chi connectivity index (χ3v) is 3.62. The number of carbonyl (C=O) groups excluding carboxylic acids is 1. The van der Waals surface area contributed by atoms with Crippen molar-refractivity contribution in [3.8, 4) is 11.5 Å². The molecule has 1 aliphatic rings. The molecule has 28 heavy (non-hydrogen) atoms. The molecule has 0 aliphatic carbocycles. The molecule has 0 radical (unpaired) electrons. The molecule has 0 bridgehead atoms. The van der Waals surface area contributed by atoms with Gasteiger partial charge in [0, 0.05) is 11.6 Å². The number of hydrogen-bond acceptors (Lipinski definition) is 4. The lowest BCUT2D eigenvalue weighted by Gasteiger charge is -2.20. The van der Waals surface area contributed by atoms with Crippen LogP contribution in [0.1, 0.15) is 43.6 Å². The fourth-order valence-electron chi connectivity index (χ4n) is 2.31. The van der Waals surface area contributed by atoms with Crippen molar-refractivity contribution in [3.05, 3.63) is 58.6 Å². The monoisotopic (exact) mass is 409 g/mol. The molecule has 1 aliphatic heterocycles. The first kappa shape index (κ1) is 25.3. The van der Waals surface area contributed by atoms with Crippen molar-refractivity contribution in [3.63, 3.8) is 0 Å². The standard InChI is InChI=1S/C16H14ClNO3.2C2H6.CH2O2/c17-12-3-6-15-14(9-12)16(20)18(7-8-21-15)10-11-1-4-13(19)5-2-11;2*1-2;2-1-3/h1-6,9,19H,7-8,10H2;2*1-2H3;1H,(H,2,3). The van der Waals surface area contributed by atoms with Gasteiger partial charge in [-0.25, -0.2) is 0 Å². The van der Waals surface area contributed by atoms with Gasteiger partial charge in [-0.3, -0.25) is 9.59 Å². The number of nitrogens with zero attached hydrogens (tertiary/aromatic N) is 1. The smallest absolute Gasteiger partial charge is 0.290 e. The summed E-state index contributed by atoms with van der Waals surface area (Å²) in [7, 11) is 0. The summed E-state index contributed by atoms with van der Waals surface area (Å²) >= 11 is 5.97. The maximum Gasteiger partial charge on any atom is 0.290 e. The summed E-state index contributed by atoms with van der Waals surface area (Å²) in [5, 5.41) is 16.7. The zero-order valence-electron chi connectivity index (χ0n) is 16.7. The van der Waals surface area contributed by atoms with Gasteiger partial charge in [-0.15, -0.1) is 0 Å². The van der Waals surface area contributed by atoms with Crippen LogP contribution in [0.3, 0.4) is 0 Å². The molecule has 1 amide bonds. The number of carboxylic acid groups (broad SMARTS) is 1. The highest BCUT2D eigenvalue weighted by molar-refractivity contribution is 6.31. The molecule has 0 unspecified atom stereocenters. The molecule has 1 heterocycles. The summed E-state index contributed by atoms with van der Waals surface area (Å²) in [6.45, 7) is 9.17. The summed E-state index contributed by atoms with van der Waals surface area (Å²) in [5.74, 6) is 0.678. The van der Waals surface area contributed by atoms with Gasteiger partial charge in [0.15, 0.2) is 0 Å². The molecule has 0 saturated carbocycles. The van der Waals surface area contributed by atoms with Gasteiger partial charge >= 0.3 is 0 Å². The Balaban J connectivity index is 0.000000930. The van der Waals surface area contributed by atoms with Gasteiger partial charge in [0.05, 0.1) is 12.1 Å². The van der Waals surface area contributed by atoms with E-state index in [1.165, 1.54) is 0 Å². The SMILES string of the molecule is CC.CC.O=C1c2cc(Cl)ccc2OCCN1Cc1ccc(O)cc1.O=CO. The lowest BCUT2D eigenvalue weighted by Crippen LogP contribution is -2.31. The maximum absolute atomic E-state index is 12.6. The van der Waals surface area contributed by atoms with Gasteiger partial charge in [-0.2, -0.15) is 0 Å². The maximum atomic E-state index is 12.6. The minimum Gasteiger partial charge on any atom is -0.508 e. The number of amides is 1. The predicted octanol–water partition coefficient (Wildman–Crippen LogP) is 4.83. The van der Waals surface area contributed by atoms with Crippen LogP contribution < -0.4 is 4.74 Å². The van der Waals surface area contributed by atoms with E-state index >= 15 is 0 Å². The molecule has 3 rings (SSSR count). The highest BCUT2D eigenvalue weighted by Gasteiger charge is 2.23. The normalized spacial score (nSPS) is 11.6. The number of phenolic OH excluding ortho intramolecular Hbond substituents is 1. The van der Waals surface area contributed by atoms with E-state index in [0.717, 1.165) is 5.56 Å². The summed E-state index contributed by atoms with van der Waals surface area (Å²) in [4.78, 5) is 22.7. The lowest BCUT2D eigenvalue weighted by atomic mass is 10.1. The van der Waals surface area contributed by atoms with Gasteiger partial charge in [0.1, 0.15) is 18.1 Å². The van der Waals surface area contributed by atoms with Crippen molar-refractivity contribution < 1.29 is 24.5 Å². The van der Waals surface area contributed by atoms with E-state index in [1.807, 2.05) is 27.7 Å². The number of fused-ring (bicyclic) bond motifs is 1. The third kappa shape index (κ3) is 7.88. The second kappa shape index (κ2) is 14.3. The highest BCUT2D eigenvalue weighted by atomic mass is 35.5. The van der Waals surface area contributed by atoms with Crippen LogP contribution in [0.15, 0.2) is 42.5 Å². The Hall–Kier alpha value is -2.73. The van der Waals surface area contributed by atoms with E-state index in [0.29, 0.717) is 36.0 Å². The Morgan fingerprint density at radius 3 is 2.25 bits per heavy atom. The molecule has 2 aromatic carbocycles. The summed E-state index contributed by atoms with van der Waals surface area (Å²) in [6.07, 6.45) is 0. The lowest BCUT2D eigenvalue weighted by molar-refractivity contribution is -0.122. The number of hydrogen-bond donors (Lipinski definition) is 2. The number of aromatic hydroxyl groups is 1. The zero-order chi connectivity index (χ0) is 21.5. The van der Waals surface area contributed by atoms with E-state index < -0.39 is 0 Å². The Kier molecular flexibility index (Phi) is 12.9. The largest absolute Gasteiger partial charge is 0.508 e. The molecular weight excluding hydrogens is 382 g/mol. The molecule has 6 nitrogen and oxygen atoms in total. The molecule has 0 fully saturated rings. The summed E-state index contributed by atoms with van der Waals surface area (Å²) in [5.41, 5.74) is 1.44. The minimum atomic E-state index is -0.250. The van der Waals surface area contributed by atoms with E-state index in [2.05, 4.69) is 0 Å². The van der Waals surface area contributed by atoms with Gasteiger partial charge in [-0.05, 0) is 35.9 Å². The second-order valence-electron chi connectivity index (χ2n) is 4.99. The molecule has 2 N–H and O–H groups in total. The average Bonchev–Trinajstić information content (AvgIpc) is 2.87. The van der Waals surface area contributed by atoms with E-state index in [-0.39, 0.29) is 18.1 Å². The average molecular weight is 410 g/mol. The Morgan fingerprint density at radius 1 is 1.11 bits per heavy atom. The fourth-order valence-corrected chi connectivity index (χ4v) is 2.48. The van der Waals surface area contributed by atoms with Crippen LogP contribution in [0.4, 0.5) is 0 Å². The molecule has 0 saturated heterocycles. The topological polar surface area (TPSA) is 87.1 Å². The zero-order valence-corrected chi connectivity index (χ0v) is 17.4. The van der Waals surface area contributed by atoms with E-state index in [4.69, 9.17) is 26.2 Å². The van der Waals surface area contributed by atoms with Crippen molar-refractivity contribution in [1.82, 2.24) is 4.90 Å². The van der Waals surface area contributed by atoms with Crippen LogP contribution in [-0.2, 0) is 11.3 Å². The predicted molar refractivity (Wildman–Crippen MR) is 111 cm³/mol. The van der Waals surface area contributed by atoms with Crippen LogP contribution in [0, 0.1) is 0 Å².